The van der Waals surface area contributed by atoms with Crippen molar-refractivity contribution in [3.05, 3.63) is 35.9 Å². The predicted molar refractivity (Wildman–Crippen MR) is 81.1 cm³/mol. The van der Waals surface area contributed by atoms with E-state index in [0.29, 0.717) is 11.7 Å². The Labute approximate surface area is 119 Å². The van der Waals surface area contributed by atoms with Crippen LogP contribution in [0.3, 0.4) is 0 Å². The maximum atomic E-state index is 12.3. The molecule has 3 nitrogen and oxygen atoms in total. The first-order valence-electron chi connectivity index (χ1n) is 6.90. The number of thioether (sulfide) groups is 1. The van der Waals surface area contributed by atoms with E-state index in [1.54, 1.807) is 0 Å². The van der Waals surface area contributed by atoms with Crippen molar-refractivity contribution in [3.8, 4) is 0 Å². The van der Waals surface area contributed by atoms with Gasteiger partial charge in [-0.1, -0.05) is 37.3 Å². The molecule has 1 heterocycles. The van der Waals surface area contributed by atoms with Gasteiger partial charge in [0.25, 0.3) is 0 Å². The van der Waals surface area contributed by atoms with Crippen molar-refractivity contribution in [2.45, 2.75) is 31.1 Å². The summed E-state index contributed by atoms with van der Waals surface area (Å²) in [6.07, 6.45) is 1.53. The topological polar surface area (TPSA) is 46.3 Å². The molecule has 1 aliphatic rings. The minimum absolute atomic E-state index is 0.190. The smallest absolute Gasteiger partial charge is 0.224 e. The number of amides is 1. The van der Waals surface area contributed by atoms with Gasteiger partial charge < -0.3 is 10.6 Å². The van der Waals surface area contributed by atoms with Gasteiger partial charge in [0, 0.05) is 36.6 Å². The van der Waals surface area contributed by atoms with Crippen LogP contribution in [-0.2, 0) is 4.79 Å². The molecule has 1 aromatic rings. The Kier molecular flexibility index (Phi) is 5.28. The Morgan fingerprint density at radius 2 is 2.21 bits per heavy atom. The molecule has 0 saturated carbocycles. The minimum atomic E-state index is -0.191. The van der Waals surface area contributed by atoms with Crippen LogP contribution in [0.4, 0.5) is 0 Å². The predicted octanol–water partition coefficient (Wildman–Crippen LogP) is 2.43. The molecule has 2 rings (SSSR count). The van der Waals surface area contributed by atoms with Crippen molar-refractivity contribution in [3.63, 3.8) is 0 Å². The van der Waals surface area contributed by atoms with Gasteiger partial charge in [-0.05, 0) is 12.0 Å². The Hall–Kier alpha value is -1.00. The summed E-state index contributed by atoms with van der Waals surface area (Å²) in [5.41, 5.74) is 7.15. The number of hydrogen-bond acceptors (Lipinski definition) is 3. The zero-order chi connectivity index (χ0) is 13.7. The van der Waals surface area contributed by atoms with Crippen molar-refractivity contribution in [1.82, 2.24) is 4.90 Å². The summed E-state index contributed by atoms with van der Waals surface area (Å²) >= 11 is 1.97. The molecule has 2 atom stereocenters. The zero-order valence-electron chi connectivity index (χ0n) is 11.4. The molecule has 1 aromatic carbocycles. The highest BCUT2D eigenvalue weighted by Crippen LogP contribution is 2.23. The van der Waals surface area contributed by atoms with Gasteiger partial charge >= 0.3 is 0 Å². The number of carbonyl (C=O) groups is 1. The second kappa shape index (κ2) is 6.96. The largest absolute Gasteiger partial charge is 0.341 e. The van der Waals surface area contributed by atoms with E-state index < -0.39 is 0 Å². The second-order valence-electron chi connectivity index (χ2n) is 4.96. The van der Waals surface area contributed by atoms with Gasteiger partial charge in [0.2, 0.25) is 5.91 Å². The molecule has 4 heteroatoms. The van der Waals surface area contributed by atoms with E-state index in [1.165, 1.54) is 0 Å². The van der Waals surface area contributed by atoms with Crippen LogP contribution in [0.25, 0.3) is 0 Å². The molecule has 19 heavy (non-hydrogen) atoms. The first-order chi connectivity index (χ1) is 9.20. The van der Waals surface area contributed by atoms with Crippen molar-refractivity contribution >= 4 is 17.7 Å². The molecule has 2 unspecified atom stereocenters. The molecule has 2 N–H and O–H groups in total. The Morgan fingerprint density at radius 3 is 2.89 bits per heavy atom. The van der Waals surface area contributed by atoms with Crippen LogP contribution < -0.4 is 5.73 Å². The second-order valence-corrected chi connectivity index (χ2v) is 6.37. The van der Waals surface area contributed by atoms with Crippen LogP contribution in [0.5, 0.6) is 0 Å². The molecule has 1 amide bonds. The van der Waals surface area contributed by atoms with Crippen LogP contribution in [0.2, 0.25) is 0 Å². The van der Waals surface area contributed by atoms with Gasteiger partial charge in [-0.3, -0.25) is 4.79 Å². The highest BCUT2D eigenvalue weighted by Gasteiger charge is 2.24. The first kappa shape index (κ1) is 14.4. The molecule has 104 valence electrons. The Bertz CT molecular complexity index is 410. The summed E-state index contributed by atoms with van der Waals surface area (Å²) < 4.78 is 0. The maximum Gasteiger partial charge on any atom is 0.224 e. The lowest BCUT2D eigenvalue weighted by Crippen LogP contribution is -2.42. The molecule has 0 radical (unpaired) electrons. The zero-order valence-corrected chi connectivity index (χ0v) is 12.2. The lowest BCUT2D eigenvalue weighted by atomic mass is 10.0. The Balaban J connectivity index is 1.90. The number of hydrogen-bond donors (Lipinski definition) is 1. The molecule has 0 bridgehead atoms. The van der Waals surface area contributed by atoms with E-state index in [9.17, 15) is 4.79 Å². The van der Waals surface area contributed by atoms with E-state index >= 15 is 0 Å². The molecular formula is C15H22N2OS. The monoisotopic (exact) mass is 278 g/mol. The summed E-state index contributed by atoms with van der Waals surface area (Å²) in [6.45, 7) is 3.92. The standard InChI is InChI=1S/C15H22N2OS/c1-2-13-11-17(8-9-19-13)15(18)10-14(16)12-6-4-3-5-7-12/h3-7,13-14H,2,8-11,16H2,1H3. The molecular weight excluding hydrogens is 256 g/mol. The average molecular weight is 278 g/mol. The lowest BCUT2D eigenvalue weighted by Gasteiger charge is -2.32. The van der Waals surface area contributed by atoms with Crippen LogP contribution in [0.15, 0.2) is 30.3 Å². The van der Waals surface area contributed by atoms with Gasteiger partial charge in [0.15, 0.2) is 0 Å². The summed E-state index contributed by atoms with van der Waals surface area (Å²) in [7, 11) is 0. The molecule has 1 aliphatic heterocycles. The van der Waals surface area contributed by atoms with E-state index in [2.05, 4.69) is 6.92 Å². The third-order valence-corrected chi connectivity index (χ3v) is 4.94. The first-order valence-corrected chi connectivity index (χ1v) is 7.95. The average Bonchev–Trinajstić information content (AvgIpc) is 2.48. The van der Waals surface area contributed by atoms with Crippen LogP contribution in [-0.4, -0.2) is 34.9 Å². The van der Waals surface area contributed by atoms with Crippen LogP contribution >= 0.6 is 11.8 Å². The number of nitrogens with two attached hydrogens (primary N) is 1. The maximum absolute atomic E-state index is 12.3. The van der Waals surface area contributed by atoms with E-state index in [-0.39, 0.29) is 11.9 Å². The van der Waals surface area contributed by atoms with Crippen LogP contribution in [0.1, 0.15) is 31.4 Å². The van der Waals surface area contributed by atoms with Gasteiger partial charge in [0.05, 0.1) is 0 Å². The van der Waals surface area contributed by atoms with Gasteiger partial charge in [-0.25, -0.2) is 0 Å². The fraction of sp³-hybridized carbons (Fsp3) is 0.533. The van der Waals surface area contributed by atoms with E-state index in [4.69, 9.17) is 5.73 Å². The minimum Gasteiger partial charge on any atom is -0.341 e. The molecule has 0 spiro atoms. The molecule has 1 fully saturated rings. The van der Waals surface area contributed by atoms with E-state index in [0.717, 1.165) is 30.8 Å². The highest BCUT2D eigenvalue weighted by molar-refractivity contribution is 8.00. The molecule has 0 aromatic heterocycles. The summed E-state index contributed by atoms with van der Waals surface area (Å²) in [4.78, 5) is 14.3. The normalized spacial score (nSPS) is 21.2. The number of nitrogens with zero attached hydrogens (tertiary/aromatic N) is 1. The molecule has 1 saturated heterocycles. The SMILES string of the molecule is CCC1CN(C(=O)CC(N)c2ccccc2)CCS1. The van der Waals surface area contributed by atoms with Gasteiger partial charge in [-0.2, -0.15) is 11.8 Å². The van der Waals surface area contributed by atoms with Crippen molar-refractivity contribution in [1.29, 1.82) is 0 Å². The Morgan fingerprint density at radius 1 is 1.47 bits per heavy atom. The molecule has 0 aliphatic carbocycles. The quantitative estimate of drug-likeness (QED) is 0.920. The number of carbonyl (C=O) groups excluding carboxylic acids is 1. The van der Waals surface area contributed by atoms with Gasteiger partial charge in [0.1, 0.15) is 0 Å². The fourth-order valence-electron chi connectivity index (χ4n) is 2.33. The summed E-state index contributed by atoms with van der Waals surface area (Å²) in [5, 5.41) is 0.589. The summed E-state index contributed by atoms with van der Waals surface area (Å²) in [5.74, 6) is 1.24. The third-order valence-electron chi connectivity index (χ3n) is 3.57. The number of rotatable bonds is 4. The fourth-order valence-corrected chi connectivity index (χ4v) is 3.51. The lowest BCUT2D eigenvalue weighted by molar-refractivity contribution is -0.131. The van der Waals surface area contributed by atoms with Crippen LogP contribution in [0, 0.1) is 0 Å². The van der Waals surface area contributed by atoms with Gasteiger partial charge in [-0.15, -0.1) is 0 Å². The van der Waals surface area contributed by atoms with E-state index in [1.807, 2.05) is 47.0 Å². The van der Waals surface area contributed by atoms with Crippen molar-refractivity contribution < 1.29 is 4.79 Å². The third kappa shape index (κ3) is 3.98. The van der Waals surface area contributed by atoms with Crippen molar-refractivity contribution in [2.75, 3.05) is 18.8 Å². The summed E-state index contributed by atoms with van der Waals surface area (Å²) in [6, 6.07) is 9.67. The van der Waals surface area contributed by atoms with Crippen molar-refractivity contribution in [2.24, 2.45) is 5.73 Å². The highest BCUT2D eigenvalue weighted by atomic mass is 32.2. The number of benzene rings is 1.